The summed E-state index contributed by atoms with van der Waals surface area (Å²) in [5, 5.41) is 22.2. The fourth-order valence-corrected chi connectivity index (χ4v) is 5.99. The van der Waals surface area contributed by atoms with E-state index in [4.69, 9.17) is 0 Å². The molecule has 3 heterocycles. The van der Waals surface area contributed by atoms with Gasteiger partial charge in [-0.05, 0) is 86.0 Å². The Morgan fingerprint density at radius 3 is 2.34 bits per heavy atom. The number of hydrogen-bond acceptors (Lipinski definition) is 5. The smallest absolute Gasteiger partial charge is 0.321 e. The molecule has 2 aromatic carbocycles. The number of carbonyl (C=O) groups is 2. The van der Waals surface area contributed by atoms with Crippen molar-refractivity contribution < 1.29 is 19.6 Å². The van der Waals surface area contributed by atoms with Gasteiger partial charge in [0.2, 0.25) is 5.91 Å². The number of nitrogens with one attached hydrogen (secondary N) is 1. The van der Waals surface area contributed by atoms with E-state index in [2.05, 4.69) is 34.3 Å². The minimum atomic E-state index is -0.779. The van der Waals surface area contributed by atoms with Gasteiger partial charge in [-0.2, -0.15) is 0 Å². The predicted octanol–water partition coefficient (Wildman–Crippen LogP) is 4.66. The molecule has 0 spiro atoms. The highest BCUT2D eigenvalue weighted by Crippen LogP contribution is 2.35. The maximum absolute atomic E-state index is 12.7. The van der Waals surface area contributed by atoms with E-state index >= 15 is 0 Å². The molecule has 2 N–H and O–H groups in total. The number of rotatable bonds is 7. The summed E-state index contributed by atoms with van der Waals surface area (Å²) in [6.45, 7) is 2.53. The zero-order valence-corrected chi connectivity index (χ0v) is 21.2. The molecule has 2 aliphatic rings. The second-order valence-electron chi connectivity index (χ2n) is 10.2. The number of aromatic amines is 1. The fraction of sp³-hybridized carbons (Fsp3) is 0.379. The van der Waals surface area contributed by atoms with Gasteiger partial charge in [-0.3, -0.25) is 24.6 Å². The molecule has 0 radical (unpaired) electrons. The van der Waals surface area contributed by atoms with Crippen molar-refractivity contribution in [1.82, 2.24) is 14.8 Å². The Kier molecular flexibility index (Phi) is 7.55. The third kappa shape index (κ3) is 5.47. The number of para-hydroxylation sites is 1. The summed E-state index contributed by atoms with van der Waals surface area (Å²) in [4.78, 5) is 42.6. The number of benzene rings is 2. The maximum Gasteiger partial charge on any atom is 0.321 e. The van der Waals surface area contributed by atoms with Crippen LogP contribution < -0.4 is 0 Å². The van der Waals surface area contributed by atoms with E-state index in [1.807, 2.05) is 6.07 Å². The molecule has 1 amide bonds. The molecule has 9 heteroatoms. The Labute approximate surface area is 220 Å². The van der Waals surface area contributed by atoms with Crippen molar-refractivity contribution in [3.05, 3.63) is 82.0 Å². The summed E-state index contributed by atoms with van der Waals surface area (Å²) in [5.41, 5.74) is 3.17. The van der Waals surface area contributed by atoms with Crippen LogP contribution >= 0.6 is 0 Å². The number of fused-ring (bicyclic) bond motifs is 1. The number of nitro benzene ring substituents is 1. The molecule has 3 aromatic rings. The lowest BCUT2D eigenvalue weighted by atomic mass is 9.84. The number of hydrogen-bond donors (Lipinski definition) is 2. The molecule has 0 aliphatic carbocycles. The summed E-state index contributed by atoms with van der Waals surface area (Å²) in [6.07, 6.45) is 8.38. The normalized spacial score (nSPS) is 18.7. The topological polar surface area (TPSA) is 120 Å². The second kappa shape index (κ2) is 11.2. The van der Waals surface area contributed by atoms with Crippen LogP contribution in [0.2, 0.25) is 0 Å². The zero-order chi connectivity index (χ0) is 26.6. The van der Waals surface area contributed by atoms with Gasteiger partial charge in [-0.1, -0.05) is 18.2 Å². The Morgan fingerprint density at radius 1 is 1.00 bits per heavy atom. The molecule has 9 nitrogen and oxygen atoms in total. The van der Waals surface area contributed by atoms with Crippen molar-refractivity contribution in [2.75, 3.05) is 26.2 Å². The average Bonchev–Trinajstić information content (AvgIpc) is 3.37. The quantitative estimate of drug-likeness (QED) is 0.268. The van der Waals surface area contributed by atoms with Gasteiger partial charge in [0, 0.05) is 48.4 Å². The second-order valence-corrected chi connectivity index (χ2v) is 10.2. The maximum atomic E-state index is 12.7. The van der Waals surface area contributed by atoms with Crippen molar-refractivity contribution >= 4 is 34.5 Å². The molecule has 0 saturated carbocycles. The Balaban J connectivity index is 1.15. The lowest BCUT2D eigenvalue weighted by Gasteiger charge is -2.41. The molecule has 5 rings (SSSR count). The van der Waals surface area contributed by atoms with Crippen LogP contribution in [0, 0.1) is 16.0 Å². The monoisotopic (exact) mass is 516 g/mol. The molecule has 2 aliphatic heterocycles. The van der Waals surface area contributed by atoms with E-state index in [0.29, 0.717) is 37.4 Å². The molecule has 38 heavy (non-hydrogen) atoms. The Hall–Kier alpha value is -3.98. The summed E-state index contributed by atoms with van der Waals surface area (Å²) in [5.74, 6) is -0.495. The number of aromatic nitrogens is 1. The number of carbonyl (C=O) groups excluding carboxylic acids is 1. The number of carboxylic acids is 1. The predicted molar refractivity (Wildman–Crippen MR) is 145 cm³/mol. The highest BCUT2D eigenvalue weighted by molar-refractivity contribution is 5.92. The van der Waals surface area contributed by atoms with E-state index in [1.165, 1.54) is 29.2 Å². The number of nitro groups is 1. The number of amides is 1. The van der Waals surface area contributed by atoms with Crippen LogP contribution in [0.5, 0.6) is 0 Å². The fourth-order valence-electron chi connectivity index (χ4n) is 5.99. The average molecular weight is 517 g/mol. The van der Waals surface area contributed by atoms with Gasteiger partial charge in [0.1, 0.15) is 6.04 Å². The third-order valence-electron chi connectivity index (χ3n) is 8.06. The van der Waals surface area contributed by atoms with Crippen LogP contribution in [0.25, 0.3) is 17.0 Å². The molecule has 1 aromatic heterocycles. The number of carboxylic acid groups (broad SMARTS) is 1. The minimum absolute atomic E-state index is 0.000147. The largest absolute Gasteiger partial charge is 0.480 e. The van der Waals surface area contributed by atoms with E-state index in [1.54, 1.807) is 23.1 Å². The first-order valence-corrected chi connectivity index (χ1v) is 13.1. The van der Waals surface area contributed by atoms with Gasteiger partial charge >= 0.3 is 5.97 Å². The molecule has 1 unspecified atom stereocenters. The molecule has 198 valence electrons. The van der Waals surface area contributed by atoms with Gasteiger partial charge in [-0.15, -0.1) is 0 Å². The molecular formula is C29H32N4O5. The van der Waals surface area contributed by atoms with Gasteiger partial charge in [0.15, 0.2) is 0 Å². The van der Waals surface area contributed by atoms with Crippen molar-refractivity contribution in [1.29, 1.82) is 0 Å². The van der Waals surface area contributed by atoms with Gasteiger partial charge in [0.25, 0.3) is 5.69 Å². The lowest BCUT2D eigenvalue weighted by Crippen LogP contribution is -2.52. The van der Waals surface area contributed by atoms with Crippen molar-refractivity contribution in [2.45, 2.75) is 37.6 Å². The number of likely N-dealkylation sites (tertiary alicyclic amines) is 2. The van der Waals surface area contributed by atoms with Gasteiger partial charge < -0.3 is 15.0 Å². The highest BCUT2D eigenvalue weighted by Gasteiger charge is 2.38. The number of non-ortho nitro benzene ring substituents is 1. The number of piperidine rings is 2. The summed E-state index contributed by atoms with van der Waals surface area (Å²) >= 11 is 0. The first kappa shape index (κ1) is 25.7. The van der Waals surface area contributed by atoms with Crippen molar-refractivity contribution in [3.8, 4) is 0 Å². The summed E-state index contributed by atoms with van der Waals surface area (Å²) < 4.78 is 0. The molecular weight excluding hydrogens is 484 g/mol. The van der Waals surface area contributed by atoms with Crippen molar-refractivity contribution in [3.63, 3.8) is 0 Å². The third-order valence-corrected chi connectivity index (χ3v) is 8.06. The molecule has 0 bridgehead atoms. The Morgan fingerprint density at radius 2 is 1.68 bits per heavy atom. The zero-order valence-electron chi connectivity index (χ0n) is 21.2. The van der Waals surface area contributed by atoms with Crippen LogP contribution in [0.4, 0.5) is 5.69 Å². The van der Waals surface area contributed by atoms with Crippen LogP contribution in [-0.4, -0.2) is 68.9 Å². The number of H-pyrrole nitrogens is 1. The standard InChI is InChI=1S/C29H32N4O5/c34-27(10-7-20-5-8-23(9-6-20)33(37)38)31-15-13-22(14-16-31)28(29(35)36)32-17-11-21(12-18-32)25-19-30-26-4-2-1-3-24(25)26/h1-10,19,21-22,28,30H,11-18H2,(H,35,36). The highest BCUT2D eigenvalue weighted by atomic mass is 16.6. The molecule has 2 fully saturated rings. The van der Waals surface area contributed by atoms with Crippen molar-refractivity contribution in [2.24, 2.45) is 5.92 Å². The van der Waals surface area contributed by atoms with Gasteiger partial charge in [0.05, 0.1) is 4.92 Å². The first-order valence-electron chi connectivity index (χ1n) is 13.1. The van der Waals surface area contributed by atoms with Crippen LogP contribution in [0.15, 0.2) is 60.8 Å². The molecule has 1 atom stereocenters. The summed E-state index contributed by atoms with van der Waals surface area (Å²) in [7, 11) is 0. The van der Waals surface area contributed by atoms with Crippen LogP contribution in [0.1, 0.15) is 42.7 Å². The van der Waals surface area contributed by atoms with E-state index in [0.717, 1.165) is 31.4 Å². The van der Waals surface area contributed by atoms with E-state index in [-0.39, 0.29) is 17.5 Å². The van der Waals surface area contributed by atoms with Gasteiger partial charge in [-0.25, -0.2) is 0 Å². The first-order chi connectivity index (χ1) is 18.4. The van der Waals surface area contributed by atoms with E-state index < -0.39 is 16.9 Å². The molecule has 2 saturated heterocycles. The van der Waals surface area contributed by atoms with Crippen LogP contribution in [0.3, 0.4) is 0 Å². The minimum Gasteiger partial charge on any atom is -0.480 e. The Bertz CT molecular complexity index is 1330. The number of aliphatic carboxylic acids is 1. The SMILES string of the molecule is O=C(O)C(C1CCN(C(=O)C=Cc2ccc([N+](=O)[O-])cc2)CC1)N1CCC(c2c[nH]c3ccccc23)CC1. The van der Waals surface area contributed by atoms with E-state index in [9.17, 15) is 24.8 Å². The lowest BCUT2D eigenvalue weighted by molar-refractivity contribution is -0.384. The summed E-state index contributed by atoms with van der Waals surface area (Å²) in [6, 6.07) is 13.8. The van der Waals surface area contributed by atoms with Crippen LogP contribution in [-0.2, 0) is 9.59 Å². The number of nitrogens with zero attached hydrogens (tertiary/aromatic N) is 3.